The summed E-state index contributed by atoms with van der Waals surface area (Å²) in [5, 5.41) is 21.3. The van der Waals surface area contributed by atoms with E-state index in [1.165, 1.54) is 0 Å². The van der Waals surface area contributed by atoms with Crippen molar-refractivity contribution in [1.29, 1.82) is 0 Å². The third kappa shape index (κ3) is 2.60. The second kappa shape index (κ2) is 5.46. The van der Waals surface area contributed by atoms with Crippen LogP contribution in [0.4, 0.5) is 6.01 Å². The van der Waals surface area contributed by atoms with Crippen molar-refractivity contribution in [3.8, 4) is 0 Å². The highest BCUT2D eigenvalue weighted by Crippen LogP contribution is 2.39. The predicted molar refractivity (Wildman–Crippen MR) is 70.7 cm³/mol. The molecule has 0 aromatic carbocycles. The summed E-state index contributed by atoms with van der Waals surface area (Å²) in [6, 6.07) is 0.606. The lowest BCUT2D eigenvalue weighted by Gasteiger charge is -2.15. The number of nitrogens with one attached hydrogen (secondary N) is 1. The fourth-order valence-electron chi connectivity index (χ4n) is 3.21. The normalized spacial score (nSPS) is 30.0. The van der Waals surface area contributed by atoms with E-state index < -0.39 is 0 Å². The van der Waals surface area contributed by atoms with E-state index in [4.69, 9.17) is 4.42 Å². The monoisotopic (exact) mass is 266 g/mol. The summed E-state index contributed by atoms with van der Waals surface area (Å²) >= 11 is 0. The van der Waals surface area contributed by atoms with Crippen molar-refractivity contribution in [1.82, 2.24) is 15.5 Å². The Balaban J connectivity index is 1.58. The van der Waals surface area contributed by atoms with Gasteiger partial charge in [0, 0.05) is 19.0 Å². The van der Waals surface area contributed by atoms with E-state index in [9.17, 15) is 5.11 Å². The van der Waals surface area contributed by atoms with E-state index in [2.05, 4.69) is 27.3 Å². The van der Waals surface area contributed by atoms with Gasteiger partial charge in [0.1, 0.15) is 0 Å². The molecular weight excluding hydrogens is 244 g/mol. The number of aromatic nitrogens is 2. The summed E-state index contributed by atoms with van der Waals surface area (Å²) in [4.78, 5) is 2.12. The lowest BCUT2D eigenvalue weighted by atomic mass is 10.00. The third-order valence-corrected chi connectivity index (χ3v) is 4.25. The van der Waals surface area contributed by atoms with Gasteiger partial charge in [-0.3, -0.25) is 0 Å². The maximum atomic E-state index is 9.91. The third-order valence-electron chi connectivity index (χ3n) is 4.25. The van der Waals surface area contributed by atoms with Crippen molar-refractivity contribution in [3.63, 3.8) is 0 Å². The first kappa shape index (κ1) is 12.9. The second-order valence-electron chi connectivity index (χ2n) is 5.63. The summed E-state index contributed by atoms with van der Waals surface area (Å²) in [5.41, 5.74) is 0. The van der Waals surface area contributed by atoms with E-state index in [0.717, 1.165) is 38.9 Å². The van der Waals surface area contributed by atoms with Gasteiger partial charge in [-0.1, -0.05) is 12.0 Å². The number of aliphatic hydroxyl groups excluding tert-OH is 1. The second-order valence-corrected chi connectivity index (χ2v) is 5.63. The summed E-state index contributed by atoms with van der Waals surface area (Å²) in [5.74, 6) is 1.61. The van der Waals surface area contributed by atoms with E-state index in [1.807, 2.05) is 0 Å². The van der Waals surface area contributed by atoms with Crippen LogP contribution in [0.3, 0.4) is 0 Å². The number of aliphatic hydroxyl groups is 1. The number of nitrogens with zero attached hydrogens (tertiary/aromatic N) is 3. The lowest BCUT2D eigenvalue weighted by Crippen LogP contribution is -2.24. The Bertz CT molecular complexity index is 423. The molecule has 0 spiro atoms. The van der Waals surface area contributed by atoms with Crippen LogP contribution < -0.4 is 10.2 Å². The van der Waals surface area contributed by atoms with Gasteiger partial charge in [0.25, 0.3) is 0 Å². The Morgan fingerprint density at radius 2 is 2.26 bits per heavy atom. The van der Waals surface area contributed by atoms with Gasteiger partial charge in [-0.25, -0.2) is 0 Å². The summed E-state index contributed by atoms with van der Waals surface area (Å²) in [7, 11) is 0. The van der Waals surface area contributed by atoms with Crippen LogP contribution in [-0.4, -0.2) is 41.0 Å². The minimum atomic E-state index is -0.149. The zero-order chi connectivity index (χ0) is 13.2. The molecule has 106 valence electrons. The maximum absolute atomic E-state index is 9.91. The average molecular weight is 266 g/mol. The van der Waals surface area contributed by atoms with Crippen molar-refractivity contribution in [2.45, 2.75) is 38.8 Å². The van der Waals surface area contributed by atoms with Crippen LogP contribution in [0, 0.1) is 11.8 Å². The number of hydrogen-bond donors (Lipinski definition) is 2. The van der Waals surface area contributed by atoms with E-state index in [-0.39, 0.29) is 6.10 Å². The molecule has 1 saturated heterocycles. The molecule has 0 bridgehead atoms. The molecule has 0 amide bonds. The molecule has 6 heteroatoms. The summed E-state index contributed by atoms with van der Waals surface area (Å²) in [6.45, 7) is 5.49. The summed E-state index contributed by atoms with van der Waals surface area (Å²) < 4.78 is 5.67. The maximum Gasteiger partial charge on any atom is 0.318 e. The Labute approximate surface area is 113 Å². The van der Waals surface area contributed by atoms with Crippen LogP contribution >= 0.6 is 0 Å². The van der Waals surface area contributed by atoms with Gasteiger partial charge in [0.2, 0.25) is 5.89 Å². The molecule has 2 N–H and O–H groups in total. The number of rotatable bonds is 5. The fraction of sp³-hybridized carbons (Fsp3) is 0.846. The van der Waals surface area contributed by atoms with Crippen LogP contribution in [0.5, 0.6) is 0 Å². The van der Waals surface area contributed by atoms with Gasteiger partial charge >= 0.3 is 6.01 Å². The highest BCUT2D eigenvalue weighted by molar-refractivity contribution is 5.28. The zero-order valence-electron chi connectivity index (χ0n) is 11.4. The molecule has 1 aliphatic heterocycles. The molecule has 19 heavy (non-hydrogen) atoms. The highest BCUT2D eigenvalue weighted by atomic mass is 16.4. The van der Waals surface area contributed by atoms with Crippen molar-refractivity contribution in [2.24, 2.45) is 11.8 Å². The first-order valence-corrected chi connectivity index (χ1v) is 7.24. The van der Waals surface area contributed by atoms with Crippen LogP contribution in [0.1, 0.15) is 32.1 Å². The van der Waals surface area contributed by atoms with Crippen LogP contribution in [0.25, 0.3) is 0 Å². The molecule has 1 aromatic rings. The number of anilines is 1. The molecular formula is C13H22N4O2. The molecule has 2 fully saturated rings. The van der Waals surface area contributed by atoms with Gasteiger partial charge in [0.05, 0.1) is 12.6 Å². The minimum Gasteiger partial charge on any atom is -0.407 e. The smallest absolute Gasteiger partial charge is 0.318 e. The molecule has 2 heterocycles. The molecule has 1 aliphatic carbocycles. The van der Waals surface area contributed by atoms with E-state index >= 15 is 0 Å². The quantitative estimate of drug-likeness (QED) is 0.767. The highest BCUT2D eigenvalue weighted by Gasteiger charge is 2.43. The van der Waals surface area contributed by atoms with Crippen molar-refractivity contribution < 1.29 is 9.52 Å². The molecule has 1 aromatic heterocycles. The minimum absolute atomic E-state index is 0.149. The van der Waals surface area contributed by atoms with E-state index in [0.29, 0.717) is 30.3 Å². The first-order valence-electron chi connectivity index (χ1n) is 7.24. The Morgan fingerprint density at radius 3 is 3.05 bits per heavy atom. The molecule has 2 aliphatic rings. The van der Waals surface area contributed by atoms with E-state index in [1.54, 1.807) is 0 Å². The van der Waals surface area contributed by atoms with Crippen LogP contribution in [0.15, 0.2) is 4.42 Å². The lowest BCUT2D eigenvalue weighted by molar-refractivity contribution is 0.133. The zero-order valence-corrected chi connectivity index (χ0v) is 11.4. The largest absolute Gasteiger partial charge is 0.407 e. The SMILES string of the molecule is CCCNCc1nnc(N2CC3CCC(O)C3C2)o1. The van der Waals surface area contributed by atoms with Crippen molar-refractivity contribution in [3.05, 3.63) is 5.89 Å². The molecule has 0 radical (unpaired) electrons. The van der Waals surface area contributed by atoms with Crippen molar-refractivity contribution in [2.75, 3.05) is 24.5 Å². The predicted octanol–water partition coefficient (Wildman–Crippen LogP) is 0.776. The van der Waals surface area contributed by atoms with Crippen LogP contribution in [0.2, 0.25) is 0 Å². The standard InChI is InChI=1S/C13H22N4O2/c1-2-5-14-6-12-15-16-13(19-12)17-7-9-3-4-11(18)10(9)8-17/h9-11,14,18H,2-8H2,1H3. The molecule has 3 atom stereocenters. The Kier molecular flexibility index (Phi) is 3.70. The number of fused-ring (bicyclic) bond motifs is 1. The fourth-order valence-corrected chi connectivity index (χ4v) is 3.21. The molecule has 3 rings (SSSR count). The molecule has 6 nitrogen and oxygen atoms in total. The number of hydrogen-bond acceptors (Lipinski definition) is 6. The topological polar surface area (TPSA) is 74.4 Å². The average Bonchev–Trinajstić information content (AvgIpc) is 3.07. The first-order chi connectivity index (χ1) is 9.28. The van der Waals surface area contributed by atoms with Gasteiger partial charge < -0.3 is 19.7 Å². The van der Waals surface area contributed by atoms with Gasteiger partial charge in [-0.05, 0) is 31.7 Å². The Morgan fingerprint density at radius 1 is 1.37 bits per heavy atom. The van der Waals surface area contributed by atoms with Crippen molar-refractivity contribution >= 4 is 6.01 Å². The molecule has 1 saturated carbocycles. The Hall–Kier alpha value is -1.14. The van der Waals surface area contributed by atoms with Gasteiger partial charge in [-0.15, -0.1) is 5.10 Å². The van der Waals surface area contributed by atoms with Gasteiger partial charge in [0.15, 0.2) is 0 Å². The van der Waals surface area contributed by atoms with Gasteiger partial charge in [-0.2, -0.15) is 0 Å². The van der Waals surface area contributed by atoms with Crippen LogP contribution in [-0.2, 0) is 6.54 Å². The molecule has 3 unspecified atom stereocenters. The summed E-state index contributed by atoms with van der Waals surface area (Å²) in [6.07, 6.45) is 3.00.